The zero-order valence-electron chi connectivity index (χ0n) is 11.0. The molecule has 1 atom stereocenters. The predicted molar refractivity (Wildman–Crippen MR) is 68.0 cm³/mol. The summed E-state index contributed by atoms with van der Waals surface area (Å²) in [5, 5.41) is 9.49. The molecule has 0 aromatic carbocycles. The highest BCUT2D eigenvalue weighted by atomic mass is 16.4. The van der Waals surface area contributed by atoms with Gasteiger partial charge in [0.05, 0.1) is 5.41 Å². The molecular weight excluding hydrogens is 214 g/mol. The minimum Gasteiger partial charge on any atom is -0.481 e. The van der Waals surface area contributed by atoms with Crippen molar-refractivity contribution >= 4 is 5.97 Å². The molecule has 0 aromatic heterocycles. The van der Waals surface area contributed by atoms with Crippen LogP contribution >= 0.6 is 0 Å². The van der Waals surface area contributed by atoms with Gasteiger partial charge >= 0.3 is 5.97 Å². The van der Waals surface area contributed by atoms with Crippen LogP contribution in [-0.2, 0) is 4.79 Å². The van der Waals surface area contributed by atoms with E-state index < -0.39 is 11.4 Å². The lowest BCUT2D eigenvalue weighted by Gasteiger charge is -2.37. The minimum absolute atomic E-state index is 0.421. The van der Waals surface area contributed by atoms with Gasteiger partial charge in [-0.2, -0.15) is 0 Å². The van der Waals surface area contributed by atoms with E-state index in [1.807, 2.05) is 0 Å². The molecule has 0 spiro atoms. The third kappa shape index (κ3) is 2.82. The smallest absolute Gasteiger partial charge is 0.310 e. The molecule has 0 aromatic rings. The van der Waals surface area contributed by atoms with E-state index in [0.717, 1.165) is 51.2 Å². The van der Waals surface area contributed by atoms with Gasteiger partial charge in [-0.15, -0.1) is 0 Å². The second-order valence-corrected chi connectivity index (χ2v) is 5.94. The zero-order valence-corrected chi connectivity index (χ0v) is 11.0. The van der Waals surface area contributed by atoms with Crippen LogP contribution in [0.15, 0.2) is 0 Å². The van der Waals surface area contributed by atoms with E-state index in [1.54, 1.807) is 0 Å². The number of carboxylic acid groups (broad SMARTS) is 1. The second-order valence-electron chi connectivity index (χ2n) is 5.94. The third-order valence-electron chi connectivity index (χ3n) is 4.72. The standard InChI is InChI=1S/C14H25NO2/c1-2-12-6-5-9-15(10-12)11-14(13(16)17)7-3-4-8-14/h12H,2-11H2,1H3,(H,16,17). The average molecular weight is 239 g/mol. The molecule has 3 heteroatoms. The van der Waals surface area contributed by atoms with Gasteiger partial charge in [0.2, 0.25) is 0 Å². The van der Waals surface area contributed by atoms with E-state index in [1.165, 1.54) is 19.3 Å². The Kier molecular flexibility index (Phi) is 4.08. The molecule has 2 fully saturated rings. The van der Waals surface area contributed by atoms with E-state index >= 15 is 0 Å². The Morgan fingerprint density at radius 1 is 1.35 bits per heavy atom. The molecule has 1 unspecified atom stereocenters. The molecule has 1 saturated heterocycles. The molecule has 17 heavy (non-hydrogen) atoms. The Labute approximate surface area is 104 Å². The monoisotopic (exact) mass is 239 g/mol. The SMILES string of the molecule is CCC1CCCN(CC2(C(=O)O)CCCC2)C1. The van der Waals surface area contributed by atoms with Crippen LogP contribution in [0.3, 0.4) is 0 Å². The first kappa shape index (κ1) is 12.9. The van der Waals surface area contributed by atoms with Crippen molar-refractivity contribution < 1.29 is 9.90 Å². The number of nitrogens with zero attached hydrogens (tertiary/aromatic N) is 1. The van der Waals surface area contributed by atoms with Crippen LogP contribution in [0.2, 0.25) is 0 Å². The topological polar surface area (TPSA) is 40.5 Å². The molecule has 1 N–H and O–H groups in total. The fourth-order valence-corrected chi connectivity index (χ4v) is 3.55. The zero-order chi connectivity index (χ0) is 12.3. The summed E-state index contributed by atoms with van der Waals surface area (Å²) in [5.74, 6) is 0.226. The highest BCUT2D eigenvalue weighted by Crippen LogP contribution is 2.39. The summed E-state index contributed by atoms with van der Waals surface area (Å²) in [6.07, 6.45) is 7.76. The van der Waals surface area contributed by atoms with E-state index in [4.69, 9.17) is 0 Å². The summed E-state index contributed by atoms with van der Waals surface area (Å²) >= 11 is 0. The molecule has 2 rings (SSSR count). The summed E-state index contributed by atoms with van der Waals surface area (Å²) in [4.78, 5) is 13.9. The van der Waals surface area contributed by atoms with Gasteiger partial charge in [0, 0.05) is 13.1 Å². The largest absolute Gasteiger partial charge is 0.481 e. The number of likely N-dealkylation sites (tertiary alicyclic amines) is 1. The molecule has 0 amide bonds. The molecule has 1 aliphatic carbocycles. The van der Waals surface area contributed by atoms with Gasteiger partial charge in [-0.3, -0.25) is 4.79 Å². The van der Waals surface area contributed by atoms with Gasteiger partial charge in [-0.25, -0.2) is 0 Å². The molecule has 1 heterocycles. The van der Waals surface area contributed by atoms with Crippen molar-refractivity contribution in [3.63, 3.8) is 0 Å². The lowest BCUT2D eigenvalue weighted by molar-refractivity contribution is -0.150. The van der Waals surface area contributed by atoms with Crippen molar-refractivity contribution in [3.8, 4) is 0 Å². The van der Waals surface area contributed by atoms with Crippen molar-refractivity contribution in [1.29, 1.82) is 0 Å². The molecule has 2 aliphatic rings. The Hall–Kier alpha value is -0.570. The molecule has 3 nitrogen and oxygen atoms in total. The summed E-state index contributed by atoms with van der Waals surface area (Å²) in [5.41, 5.74) is -0.421. The summed E-state index contributed by atoms with van der Waals surface area (Å²) in [6.45, 7) is 5.26. The van der Waals surface area contributed by atoms with Gasteiger partial charge in [0.15, 0.2) is 0 Å². The van der Waals surface area contributed by atoms with Gasteiger partial charge in [-0.1, -0.05) is 26.2 Å². The number of aliphatic carboxylic acids is 1. The van der Waals surface area contributed by atoms with Crippen molar-refractivity contribution in [2.24, 2.45) is 11.3 Å². The quantitative estimate of drug-likeness (QED) is 0.820. The maximum absolute atomic E-state index is 11.5. The second kappa shape index (κ2) is 5.38. The molecule has 1 aliphatic heterocycles. The summed E-state index contributed by atoms with van der Waals surface area (Å²) in [7, 11) is 0. The summed E-state index contributed by atoms with van der Waals surface area (Å²) in [6, 6.07) is 0. The van der Waals surface area contributed by atoms with Gasteiger partial charge in [-0.05, 0) is 38.1 Å². The maximum atomic E-state index is 11.5. The fraction of sp³-hybridized carbons (Fsp3) is 0.929. The lowest BCUT2D eigenvalue weighted by atomic mass is 9.84. The van der Waals surface area contributed by atoms with E-state index in [0.29, 0.717) is 0 Å². The van der Waals surface area contributed by atoms with Crippen LogP contribution in [0.1, 0.15) is 51.9 Å². The van der Waals surface area contributed by atoms with Crippen LogP contribution in [-0.4, -0.2) is 35.6 Å². The Morgan fingerprint density at radius 2 is 2.06 bits per heavy atom. The Bertz CT molecular complexity index is 271. The number of carboxylic acids is 1. The van der Waals surface area contributed by atoms with Crippen molar-refractivity contribution in [2.75, 3.05) is 19.6 Å². The number of hydrogen-bond donors (Lipinski definition) is 1. The number of hydrogen-bond acceptors (Lipinski definition) is 2. The van der Waals surface area contributed by atoms with Gasteiger partial charge in [0.1, 0.15) is 0 Å². The third-order valence-corrected chi connectivity index (χ3v) is 4.72. The first-order valence-electron chi connectivity index (χ1n) is 7.12. The van der Waals surface area contributed by atoms with Crippen LogP contribution < -0.4 is 0 Å². The normalized spacial score (nSPS) is 29.4. The van der Waals surface area contributed by atoms with Crippen molar-refractivity contribution in [3.05, 3.63) is 0 Å². The number of piperidine rings is 1. The Balaban J connectivity index is 1.96. The average Bonchev–Trinajstić information content (AvgIpc) is 2.79. The summed E-state index contributed by atoms with van der Waals surface area (Å²) < 4.78 is 0. The van der Waals surface area contributed by atoms with E-state index in [2.05, 4.69) is 11.8 Å². The van der Waals surface area contributed by atoms with Crippen LogP contribution in [0.4, 0.5) is 0 Å². The molecular formula is C14H25NO2. The molecule has 0 bridgehead atoms. The highest BCUT2D eigenvalue weighted by molar-refractivity contribution is 5.75. The van der Waals surface area contributed by atoms with Gasteiger partial charge in [0.25, 0.3) is 0 Å². The highest BCUT2D eigenvalue weighted by Gasteiger charge is 2.42. The molecule has 0 radical (unpaired) electrons. The van der Waals surface area contributed by atoms with Crippen LogP contribution in [0.5, 0.6) is 0 Å². The predicted octanol–water partition coefficient (Wildman–Crippen LogP) is 2.75. The molecule has 1 saturated carbocycles. The van der Waals surface area contributed by atoms with Crippen molar-refractivity contribution in [2.45, 2.75) is 51.9 Å². The minimum atomic E-state index is -0.561. The van der Waals surface area contributed by atoms with E-state index in [9.17, 15) is 9.90 Å². The Morgan fingerprint density at radius 3 is 2.65 bits per heavy atom. The fourth-order valence-electron chi connectivity index (χ4n) is 3.55. The first-order chi connectivity index (χ1) is 8.16. The number of carbonyl (C=O) groups is 1. The van der Waals surface area contributed by atoms with Crippen LogP contribution in [0, 0.1) is 11.3 Å². The van der Waals surface area contributed by atoms with Crippen molar-refractivity contribution in [1.82, 2.24) is 4.90 Å². The van der Waals surface area contributed by atoms with Gasteiger partial charge < -0.3 is 10.0 Å². The van der Waals surface area contributed by atoms with Crippen LogP contribution in [0.25, 0.3) is 0 Å². The number of rotatable bonds is 4. The first-order valence-corrected chi connectivity index (χ1v) is 7.12. The lowest BCUT2D eigenvalue weighted by Crippen LogP contribution is -2.45. The molecule has 98 valence electrons. The maximum Gasteiger partial charge on any atom is 0.310 e. The van der Waals surface area contributed by atoms with E-state index in [-0.39, 0.29) is 0 Å².